The van der Waals surface area contributed by atoms with Crippen LogP contribution in [0.3, 0.4) is 0 Å². The molecule has 0 heterocycles. The van der Waals surface area contributed by atoms with Gasteiger partial charge in [0.15, 0.2) is 6.61 Å². The molecular formula is C18H21NO3. The van der Waals surface area contributed by atoms with Crippen LogP contribution < -0.4 is 14.8 Å². The van der Waals surface area contributed by atoms with Crippen LogP contribution in [0.5, 0.6) is 11.5 Å². The van der Waals surface area contributed by atoms with Crippen LogP contribution in [-0.2, 0) is 4.79 Å². The van der Waals surface area contributed by atoms with Gasteiger partial charge in [0.2, 0.25) is 0 Å². The van der Waals surface area contributed by atoms with Crippen LogP contribution in [0, 0.1) is 6.92 Å². The Hall–Kier alpha value is -2.49. The van der Waals surface area contributed by atoms with Gasteiger partial charge in [-0.3, -0.25) is 4.79 Å². The van der Waals surface area contributed by atoms with E-state index in [0.29, 0.717) is 12.4 Å². The first-order valence-corrected chi connectivity index (χ1v) is 7.40. The molecule has 0 radical (unpaired) electrons. The molecule has 4 nitrogen and oxygen atoms in total. The zero-order valence-electron chi connectivity index (χ0n) is 13.0. The van der Waals surface area contributed by atoms with E-state index >= 15 is 0 Å². The zero-order chi connectivity index (χ0) is 15.8. The van der Waals surface area contributed by atoms with Crippen molar-refractivity contribution < 1.29 is 14.3 Å². The fourth-order valence-electron chi connectivity index (χ4n) is 1.90. The summed E-state index contributed by atoms with van der Waals surface area (Å²) < 4.78 is 11.0. The Kier molecular flexibility index (Phi) is 5.83. The maximum Gasteiger partial charge on any atom is 0.262 e. The highest BCUT2D eigenvalue weighted by Crippen LogP contribution is 2.18. The smallest absolute Gasteiger partial charge is 0.262 e. The number of carbonyl (C=O) groups is 1. The molecule has 0 bridgehead atoms. The minimum atomic E-state index is -0.180. The van der Waals surface area contributed by atoms with Gasteiger partial charge in [0.25, 0.3) is 5.91 Å². The number of rotatable bonds is 7. The zero-order valence-corrected chi connectivity index (χ0v) is 13.0. The summed E-state index contributed by atoms with van der Waals surface area (Å²) >= 11 is 0. The summed E-state index contributed by atoms with van der Waals surface area (Å²) in [5.41, 5.74) is 1.83. The van der Waals surface area contributed by atoms with E-state index in [1.165, 1.54) is 0 Å². The molecule has 2 aromatic carbocycles. The van der Waals surface area contributed by atoms with Crippen molar-refractivity contribution in [1.29, 1.82) is 0 Å². The van der Waals surface area contributed by atoms with Gasteiger partial charge < -0.3 is 14.8 Å². The highest BCUT2D eigenvalue weighted by Gasteiger charge is 2.05. The molecule has 0 saturated heterocycles. The van der Waals surface area contributed by atoms with Crippen molar-refractivity contribution in [2.24, 2.45) is 0 Å². The van der Waals surface area contributed by atoms with E-state index in [9.17, 15) is 4.79 Å². The first-order valence-electron chi connectivity index (χ1n) is 7.40. The maximum atomic E-state index is 11.9. The molecular weight excluding hydrogens is 278 g/mol. The van der Waals surface area contributed by atoms with Crippen LogP contribution in [0.15, 0.2) is 48.5 Å². The van der Waals surface area contributed by atoms with E-state index in [-0.39, 0.29) is 12.5 Å². The van der Waals surface area contributed by atoms with Gasteiger partial charge in [-0.1, -0.05) is 25.1 Å². The van der Waals surface area contributed by atoms with E-state index in [1.54, 1.807) is 12.1 Å². The molecule has 116 valence electrons. The third-order valence-corrected chi connectivity index (χ3v) is 3.09. The molecule has 0 aliphatic rings. The van der Waals surface area contributed by atoms with Crippen LogP contribution in [0.1, 0.15) is 18.9 Å². The van der Waals surface area contributed by atoms with Gasteiger partial charge in [0.05, 0.1) is 6.61 Å². The molecule has 0 aliphatic carbocycles. The molecule has 22 heavy (non-hydrogen) atoms. The topological polar surface area (TPSA) is 47.6 Å². The average molecular weight is 299 g/mol. The van der Waals surface area contributed by atoms with E-state index in [0.717, 1.165) is 23.4 Å². The largest absolute Gasteiger partial charge is 0.494 e. The number of carbonyl (C=O) groups excluding carboxylic acids is 1. The second kappa shape index (κ2) is 8.08. The molecule has 0 aliphatic heterocycles. The van der Waals surface area contributed by atoms with Crippen molar-refractivity contribution in [1.82, 2.24) is 0 Å². The van der Waals surface area contributed by atoms with E-state index in [1.807, 2.05) is 43.3 Å². The quantitative estimate of drug-likeness (QED) is 0.846. The number of hydrogen-bond acceptors (Lipinski definition) is 3. The SMILES string of the molecule is CCCOc1ccc(OCC(=O)Nc2ccccc2C)cc1. The van der Waals surface area contributed by atoms with Crippen LogP contribution in [-0.4, -0.2) is 19.1 Å². The standard InChI is InChI=1S/C18H21NO3/c1-3-12-21-15-8-10-16(11-9-15)22-13-18(20)19-17-7-5-4-6-14(17)2/h4-11H,3,12-13H2,1-2H3,(H,19,20). The number of hydrogen-bond donors (Lipinski definition) is 1. The second-order valence-electron chi connectivity index (χ2n) is 4.97. The number of nitrogens with one attached hydrogen (secondary N) is 1. The molecule has 0 unspecified atom stereocenters. The van der Waals surface area contributed by atoms with Crippen LogP contribution >= 0.6 is 0 Å². The lowest BCUT2D eigenvalue weighted by Crippen LogP contribution is -2.20. The monoisotopic (exact) mass is 299 g/mol. The summed E-state index contributed by atoms with van der Waals surface area (Å²) in [6.07, 6.45) is 0.970. The summed E-state index contributed by atoms with van der Waals surface area (Å²) in [6.45, 7) is 4.68. The molecule has 0 aromatic heterocycles. The van der Waals surface area contributed by atoms with Crippen LogP contribution in [0.4, 0.5) is 5.69 Å². The van der Waals surface area contributed by atoms with Crippen molar-refractivity contribution in [3.8, 4) is 11.5 Å². The summed E-state index contributed by atoms with van der Waals surface area (Å²) in [5, 5.41) is 2.83. The average Bonchev–Trinajstić information content (AvgIpc) is 2.54. The lowest BCUT2D eigenvalue weighted by atomic mass is 10.2. The Morgan fingerprint density at radius 1 is 1.00 bits per heavy atom. The first-order chi connectivity index (χ1) is 10.7. The Labute approximate surface area is 131 Å². The van der Waals surface area contributed by atoms with Crippen LogP contribution in [0.2, 0.25) is 0 Å². The first kappa shape index (κ1) is 15.9. The number of para-hydroxylation sites is 1. The molecule has 4 heteroatoms. The molecule has 1 amide bonds. The second-order valence-corrected chi connectivity index (χ2v) is 4.97. The van der Waals surface area contributed by atoms with Crippen molar-refractivity contribution >= 4 is 11.6 Å². The van der Waals surface area contributed by atoms with Gasteiger partial charge in [0, 0.05) is 5.69 Å². The number of ether oxygens (including phenoxy) is 2. The summed E-state index contributed by atoms with van der Waals surface area (Å²) in [5.74, 6) is 1.27. The van der Waals surface area contributed by atoms with Crippen molar-refractivity contribution in [3.63, 3.8) is 0 Å². The Bertz CT molecular complexity index is 608. The summed E-state index contributed by atoms with van der Waals surface area (Å²) in [7, 11) is 0. The van der Waals surface area contributed by atoms with Crippen molar-refractivity contribution in [2.75, 3.05) is 18.5 Å². The van der Waals surface area contributed by atoms with Gasteiger partial charge >= 0.3 is 0 Å². The maximum absolute atomic E-state index is 11.9. The normalized spacial score (nSPS) is 10.1. The van der Waals surface area contributed by atoms with E-state index in [2.05, 4.69) is 12.2 Å². The summed E-state index contributed by atoms with van der Waals surface area (Å²) in [4.78, 5) is 11.9. The molecule has 0 saturated carbocycles. The predicted molar refractivity (Wildman–Crippen MR) is 87.5 cm³/mol. The fraction of sp³-hybridized carbons (Fsp3) is 0.278. The number of benzene rings is 2. The van der Waals surface area contributed by atoms with Crippen molar-refractivity contribution in [2.45, 2.75) is 20.3 Å². The fourth-order valence-corrected chi connectivity index (χ4v) is 1.90. The van der Waals surface area contributed by atoms with Gasteiger partial charge in [-0.2, -0.15) is 0 Å². The van der Waals surface area contributed by atoms with Gasteiger partial charge in [-0.25, -0.2) is 0 Å². The van der Waals surface area contributed by atoms with Gasteiger partial charge in [0.1, 0.15) is 11.5 Å². The van der Waals surface area contributed by atoms with E-state index in [4.69, 9.17) is 9.47 Å². The third-order valence-electron chi connectivity index (χ3n) is 3.09. The molecule has 2 rings (SSSR count). The number of anilines is 1. The number of aryl methyl sites for hydroxylation is 1. The highest BCUT2D eigenvalue weighted by molar-refractivity contribution is 5.92. The van der Waals surface area contributed by atoms with Gasteiger partial charge in [-0.05, 0) is 49.2 Å². The molecule has 0 spiro atoms. The lowest BCUT2D eigenvalue weighted by Gasteiger charge is -2.10. The summed E-state index contributed by atoms with van der Waals surface area (Å²) in [6, 6.07) is 14.9. The predicted octanol–water partition coefficient (Wildman–Crippen LogP) is 3.80. The van der Waals surface area contributed by atoms with Crippen molar-refractivity contribution in [3.05, 3.63) is 54.1 Å². The minimum absolute atomic E-state index is 0.0243. The minimum Gasteiger partial charge on any atom is -0.494 e. The third kappa shape index (κ3) is 4.81. The van der Waals surface area contributed by atoms with Crippen LogP contribution in [0.25, 0.3) is 0 Å². The number of amides is 1. The Balaban J connectivity index is 1.82. The van der Waals surface area contributed by atoms with E-state index < -0.39 is 0 Å². The molecule has 1 N–H and O–H groups in total. The lowest BCUT2D eigenvalue weighted by molar-refractivity contribution is -0.118. The Morgan fingerprint density at radius 2 is 1.64 bits per heavy atom. The Morgan fingerprint density at radius 3 is 2.27 bits per heavy atom. The highest BCUT2D eigenvalue weighted by atomic mass is 16.5. The van der Waals surface area contributed by atoms with Gasteiger partial charge in [-0.15, -0.1) is 0 Å². The molecule has 0 fully saturated rings. The molecule has 2 aromatic rings. The molecule has 0 atom stereocenters.